The number of hydrogen-bond acceptors (Lipinski definition) is 7. The third-order valence-electron chi connectivity index (χ3n) is 2.98. The van der Waals surface area contributed by atoms with Crippen LogP contribution in [0.1, 0.15) is 12.7 Å². The summed E-state index contributed by atoms with van der Waals surface area (Å²) >= 11 is 3.04. The van der Waals surface area contributed by atoms with Crippen LogP contribution in [0.25, 0.3) is 10.2 Å². The molecule has 0 fully saturated rings. The summed E-state index contributed by atoms with van der Waals surface area (Å²) in [4.78, 5) is 21.5. The molecule has 3 rings (SSSR count). The molecule has 9 heteroatoms. The number of anilines is 1. The largest absolute Gasteiger partial charge is 0.372 e. The monoisotopic (exact) mass is 322 g/mol. The third-order valence-corrected chi connectivity index (χ3v) is 4.76. The molecule has 0 bridgehead atoms. The van der Waals surface area contributed by atoms with E-state index in [1.54, 1.807) is 15.9 Å². The minimum Gasteiger partial charge on any atom is -0.372 e. The van der Waals surface area contributed by atoms with Crippen molar-refractivity contribution in [2.75, 3.05) is 12.4 Å². The van der Waals surface area contributed by atoms with Crippen LogP contribution in [-0.4, -0.2) is 31.8 Å². The summed E-state index contributed by atoms with van der Waals surface area (Å²) < 4.78 is 1.59. The van der Waals surface area contributed by atoms with Crippen molar-refractivity contribution in [2.45, 2.75) is 24.4 Å². The molecule has 0 radical (unpaired) electrons. The molecule has 0 atom stereocenters. The van der Waals surface area contributed by atoms with Crippen molar-refractivity contribution in [3.63, 3.8) is 0 Å². The zero-order valence-corrected chi connectivity index (χ0v) is 13.2. The third kappa shape index (κ3) is 2.66. The number of nitrogens with zero attached hydrogens (tertiary/aromatic N) is 4. The van der Waals surface area contributed by atoms with Gasteiger partial charge in [-0.1, -0.05) is 11.8 Å². The average molecular weight is 322 g/mol. The number of rotatable bonds is 5. The van der Waals surface area contributed by atoms with Gasteiger partial charge in [-0.25, -0.2) is 19.9 Å². The number of aromatic amines is 1. The molecule has 21 heavy (non-hydrogen) atoms. The summed E-state index contributed by atoms with van der Waals surface area (Å²) in [7, 11) is 1.85. The van der Waals surface area contributed by atoms with Crippen LogP contribution in [0.2, 0.25) is 0 Å². The van der Waals surface area contributed by atoms with Crippen molar-refractivity contribution in [1.82, 2.24) is 24.7 Å². The standard InChI is InChI=1S/C12H14N6OS2/c1-3-18-11(19)16-17-12(18)21-6-8-14-9(13-2)7-4-5-20-10(7)15-8/h4-5H,3,6H2,1-2H3,(H,16,19)(H,13,14,15). The van der Waals surface area contributed by atoms with Crippen molar-refractivity contribution in [2.24, 2.45) is 0 Å². The van der Waals surface area contributed by atoms with Crippen LogP contribution < -0.4 is 11.0 Å². The van der Waals surface area contributed by atoms with Gasteiger partial charge in [-0.2, -0.15) is 0 Å². The van der Waals surface area contributed by atoms with E-state index >= 15 is 0 Å². The van der Waals surface area contributed by atoms with Crippen molar-refractivity contribution < 1.29 is 0 Å². The Morgan fingerprint density at radius 2 is 2.33 bits per heavy atom. The van der Waals surface area contributed by atoms with E-state index in [4.69, 9.17) is 0 Å². The Kier molecular flexibility index (Phi) is 3.93. The first-order chi connectivity index (χ1) is 10.2. The molecule has 110 valence electrons. The van der Waals surface area contributed by atoms with Gasteiger partial charge in [0.15, 0.2) is 5.16 Å². The van der Waals surface area contributed by atoms with E-state index in [0.29, 0.717) is 17.5 Å². The highest BCUT2D eigenvalue weighted by molar-refractivity contribution is 7.98. The van der Waals surface area contributed by atoms with E-state index < -0.39 is 0 Å². The Balaban J connectivity index is 1.86. The van der Waals surface area contributed by atoms with Crippen LogP contribution in [0, 0.1) is 0 Å². The zero-order valence-electron chi connectivity index (χ0n) is 11.6. The van der Waals surface area contributed by atoms with Gasteiger partial charge in [0.05, 0.1) is 11.1 Å². The molecule has 3 heterocycles. The van der Waals surface area contributed by atoms with Gasteiger partial charge in [-0.15, -0.1) is 16.4 Å². The Hall–Kier alpha value is -1.87. The first-order valence-electron chi connectivity index (χ1n) is 6.42. The molecule has 0 saturated carbocycles. The van der Waals surface area contributed by atoms with Crippen LogP contribution in [0.15, 0.2) is 21.4 Å². The van der Waals surface area contributed by atoms with Gasteiger partial charge in [0, 0.05) is 13.6 Å². The molecule has 3 aromatic heterocycles. The smallest absolute Gasteiger partial charge is 0.343 e. The van der Waals surface area contributed by atoms with Gasteiger partial charge in [0.1, 0.15) is 16.5 Å². The first-order valence-corrected chi connectivity index (χ1v) is 8.29. The summed E-state index contributed by atoms with van der Waals surface area (Å²) in [6.07, 6.45) is 0. The van der Waals surface area contributed by atoms with E-state index in [2.05, 4.69) is 25.5 Å². The van der Waals surface area contributed by atoms with E-state index in [9.17, 15) is 4.79 Å². The minimum atomic E-state index is -0.189. The Morgan fingerprint density at radius 1 is 1.48 bits per heavy atom. The fourth-order valence-corrected chi connectivity index (χ4v) is 3.62. The van der Waals surface area contributed by atoms with Gasteiger partial charge in [-0.05, 0) is 18.4 Å². The number of H-pyrrole nitrogens is 1. The van der Waals surface area contributed by atoms with Crippen molar-refractivity contribution >= 4 is 39.1 Å². The second kappa shape index (κ2) is 5.86. The predicted octanol–water partition coefficient (Wildman–Crippen LogP) is 1.93. The lowest BCUT2D eigenvalue weighted by Crippen LogP contribution is -2.16. The number of thiophene rings is 1. The van der Waals surface area contributed by atoms with Gasteiger partial charge < -0.3 is 5.32 Å². The van der Waals surface area contributed by atoms with Gasteiger partial charge in [0.2, 0.25) is 0 Å². The molecular weight excluding hydrogens is 308 g/mol. The Morgan fingerprint density at radius 3 is 3.10 bits per heavy atom. The summed E-state index contributed by atoms with van der Waals surface area (Å²) in [5, 5.41) is 13.2. The summed E-state index contributed by atoms with van der Waals surface area (Å²) in [6, 6.07) is 2.01. The lowest BCUT2D eigenvalue weighted by atomic mass is 10.4. The molecule has 0 aliphatic heterocycles. The molecule has 3 aromatic rings. The topological polar surface area (TPSA) is 88.5 Å². The van der Waals surface area contributed by atoms with E-state index in [-0.39, 0.29) is 5.69 Å². The SMILES string of the molecule is CCn1c(SCc2nc(NC)c3ccsc3n2)n[nH]c1=O. The highest BCUT2D eigenvalue weighted by Gasteiger charge is 2.11. The van der Waals surface area contributed by atoms with E-state index in [0.717, 1.165) is 21.9 Å². The Bertz CT molecular complexity index is 821. The van der Waals surface area contributed by atoms with E-state index in [1.165, 1.54) is 11.8 Å². The van der Waals surface area contributed by atoms with Crippen LogP contribution in [0.4, 0.5) is 5.82 Å². The minimum absolute atomic E-state index is 0.189. The maximum absolute atomic E-state index is 11.5. The Labute approximate surface area is 128 Å². The fourth-order valence-electron chi connectivity index (χ4n) is 1.98. The molecule has 0 saturated heterocycles. The second-order valence-corrected chi connectivity index (χ2v) is 6.06. The quantitative estimate of drug-likeness (QED) is 0.698. The van der Waals surface area contributed by atoms with Gasteiger partial charge >= 0.3 is 5.69 Å². The zero-order chi connectivity index (χ0) is 14.8. The van der Waals surface area contributed by atoms with Crippen LogP contribution in [0.5, 0.6) is 0 Å². The molecular formula is C12H14N6OS2. The average Bonchev–Trinajstić information content (AvgIpc) is 3.10. The second-order valence-electron chi connectivity index (χ2n) is 4.22. The molecule has 0 aromatic carbocycles. The van der Waals surface area contributed by atoms with Crippen LogP contribution in [0.3, 0.4) is 0 Å². The summed E-state index contributed by atoms with van der Waals surface area (Å²) in [5.74, 6) is 2.11. The predicted molar refractivity (Wildman–Crippen MR) is 85.0 cm³/mol. The van der Waals surface area contributed by atoms with Crippen molar-refractivity contribution in [3.8, 4) is 0 Å². The lowest BCUT2D eigenvalue weighted by Gasteiger charge is -2.05. The number of hydrogen-bond donors (Lipinski definition) is 2. The van der Waals surface area contributed by atoms with E-state index in [1.807, 2.05) is 25.4 Å². The number of fused-ring (bicyclic) bond motifs is 1. The normalized spacial score (nSPS) is 11.1. The fraction of sp³-hybridized carbons (Fsp3) is 0.333. The molecule has 7 nitrogen and oxygen atoms in total. The maximum Gasteiger partial charge on any atom is 0.343 e. The first kappa shape index (κ1) is 14.1. The maximum atomic E-state index is 11.5. The highest BCUT2D eigenvalue weighted by atomic mass is 32.2. The van der Waals surface area contributed by atoms with Gasteiger partial charge in [0.25, 0.3) is 0 Å². The van der Waals surface area contributed by atoms with Crippen LogP contribution >= 0.6 is 23.1 Å². The molecule has 0 aliphatic rings. The molecule has 2 N–H and O–H groups in total. The highest BCUT2D eigenvalue weighted by Crippen LogP contribution is 2.26. The lowest BCUT2D eigenvalue weighted by molar-refractivity contribution is 0.660. The van der Waals surface area contributed by atoms with Crippen molar-refractivity contribution in [3.05, 3.63) is 27.8 Å². The molecule has 0 spiro atoms. The summed E-state index contributed by atoms with van der Waals surface area (Å²) in [5.41, 5.74) is -0.189. The van der Waals surface area contributed by atoms with Crippen LogP contribution in [-0.2, 0) is 12.3 Å². The number of nitrogens with one attached hydrogen (secondary N) is 2. The van der Waals surface area contributed by atoms with Crippen molar-refractivity contribution in [1.29, 1.82) is 0 Å². The van der Waals surface area contributed by atoms with Gasteiger partial charge in [-0.3, -0.25) is 4.57 Å². The molecule has 0 unspecified atom stereocenters. The number of aromatic nitrogens is 5. The molecule has 0 amide bonds. The molecule has 0 aliphatic carbocycles. The number of thioether (sulfide) groups is 1. The summed E-state index contributed by atoms with van der Waals surface area (Å²) in [6.45, 7) is 2.50.